The van der Waals surface area contributed by atoms with Crippen molar-refractivity contribution < 1.29 is 34.0 Å². The van der Waals surface area contributed by atoms with Crippen LogP contribution in [0, 0.1) is 11.8 Å². The Morgan fingerprint density at radius 3 is 1.97 bits per heavy atom. The number of hydrogen-bond donors (Lipinski definition) is 2. The van der Waals surface area contributed by atoms with E-state index in [1.807, 2.05) is 18.2 Å². The molecule has 0 amide bonds. The Morgan fingerprint density at radius 2 is 1.52 bits per heavy atom. The van der Waals surface area contributed by atoms with Crippen LogP contribution in [0.3, 0.4) is 0 Å². The number of carbonyl (C=O) groups is 2. The first kappa shape index (κ1) is 24.6. The highest BCUT2D eigenvalue weighted by Crippen LogP contribution is 2.36. The number of likely N-dealkylation sites (tertiary alicyclic amines) is 1. The SMILES string of the molecule is COc1cccc(OC)c1OCCCCN1CC(C)CC(C)C1.O=C(O)C(=O)O. The number of hydrogen-bond acceptors (Lipinski definition) is 6. The van der Waals surface area contributed by atoms with Crippen molar-refractivity contribution >= 4 is 11.9 Å². The van der Waals surface area contributed by atoms with Crippen molar-refractivity contribution in [3.05, 3.63) is 18.2 Å². The Balaban J connectivity index is 0.000000612. The van der Waals surface area contributed by atoms with Crippen LogP contribution in [0.25, 0.3) is 0 Å². The van der Waals surface area contributed by atoms with Gasteiger partial charge in [0.15, 0.2) is 11.5 Å². The summed E-state index contributed by atoms with van der Waals surface area (Å²) in [6.07, 6.45) is 3.57. The number of aliphatic carboxylic acids is 2. The second-order valence-electron chi connectivity index (χ2n) is 7.36. The van der Waals surface area contributed by atoms with E-state index in [2.05, 4.69) is 18.7 Å². The molecule has 2 rings (SSSR count). The summed E-state index contributed by atoms with van der Waals surface area (Å²) < 4.78 is 16.6. The number of piperidine rings is 1. The Labute approximate surface area is 172 Å². The fourth-order valence-corrected chi connectivity index (χ4v) is 3.55. The number of benzene rings is 1. The minimum absolute atomic E-state index is 0.690. The van der Waals surface area contributed by atoms with Crippen LogP contribution in [0.15, 0.2) is 18.2 Å². The molecule has 1 saturated heterocycles. The number of carboxylic acids is 2. The molecule has 0 spiro atoms. The molecule has 8 nitrogen and oxygen atoms in total. The predicted octanol–water partition coefficient (Wildman–Crippen LogP) is 3.00. The van der Waals surface area contributed by atoms with Gasteiger partial charge in [0.1, 0.15) is 0 Å². The predicted molar refractivity (Wildman–Crippen MR) is 109 cm³/mol. The van der Waals surface area contributed by atoms with E-state index < -0.39 is 11.9 Å². The van der Waals surface area contributed by atoms with Gasteiger partial charge < -0.3 is 29.3 Å². The number of unbranched alkanes of at least 4 members (excludes halogenated alkanes) is 1. The van der Waals surface area contributed by atoms with Gasteiger partial charge in [-0.1, -0.05) is 19.9 Å². The fraction of sp³-hybridized carbons (Fsp3) is 0.619. The standard InChI is InChI=1S/C19H31NO3.C2H2O4/c1-15-12-16(2)14-20(13-15)10-5-6-11-23-19-17(21-3)8-7-9-18(19)22-4;3-1(4)2(5)6/h7-9,15-16H,5-6,10-14H2,1-4H3;(H,3,4)(H,5,6). The molecule has 1 aromatic carbocycles. The van der Waals surface area contributed by atoms with E-state index in [1.165, 1.54) is 26.1 Å². The zero-order valence-electron chi connectivity index (χ0n) is 17.7. The third-order valence-electron chi connectivity index (χ3n) is 4.63. The second kappa shape index (κ2) is 12.9. The van der Waals surface area contributed by atoms with Crippen LogP contribution in [0.1, 0.15) is 33.1 Å². The van der Waals surface area contributed by atoms with Crippen molar-refractivity contribution in [2.24, 2.45) is 11.8 Å². The first-order valence-corrected chi connectivity index (χ1v) is 9.80. The van der Waals surface area contributed by atoms with Crippen LogP contribution in [-0.2, 0) is 9.59 Å². The molecule has 0 radical (unpaired) electrons. The number of nitrogens with zero attached hydrogens (tertiary/aromatic N) is 1. The van der Waals surface area contributed by atoms with E-state index in [9.17, 15) is 0 Å². The van der Waals surface area contributed by atoms with Gasteiger partial charge in [0.25, 0.3) is 0 Å². The molecule has 1 aliphatic rings. The van der Waals surface area contributed by atoms with Gasteiger partial charge in [0.05, 0.1) is 20.8 Å². The Morgan fingerprint density at radius 1 is 1.00 bits per heavy atom. The van der Waals surface area contributed by atoms with Crippen molar-refractivity contribution in [2.45, 2.75) is 33.1 Å². The summed E-state index contributed by atoms with van der Waals surface area (Å²) in [6, 6.07) is 5.70. The van der Waals surface area contributed by atoms with Gasteiger partial charge in [-0.15, -0.1) is 0 Å². The van der Waals surface area contributed by atoms with Crippen LogP contribution in [0.2, 0.25) is 0 Å². The fourth-order valence-electron chi connectivity index (χ4n) is 3.55. The van der Waals surface area contributed by atoms with Crippen molar-refractivity contribution in [3.63, 3.8) is 0 Å². The monoisotopic (exact) mass is 411 g/mol. The van der Waals surface area contributed by atoms with Gasteiger partial charge >= 0.3 is 11.9 Å². The summed E-state index contributed by atoms with van der Waals surface area (Å²) in [5.74, 6) is 0.162. The van der Waals surface area contributed by atoms with Crippen LogP contribution >= 0.6 is 0 Å². The summed E-state index contributed by atoms with van der Waals surface area (Å²) >= 11 is 0. The van der Waals surface area contributed by atoms with E-state index in [0.717, 1.165) is 36.2 Å². The topological polar surface area (TPSA) is 106 Å². The average molecular weight is 411 g/mol. The normalized spacial score (nSPS) is 18.9. The average Bonchev–Trinajstić information content (AvgIpc) is 2.67. The summed E-state index contributed by atoms with van der Waals surface area (Å²) in [4.78, 5) is 20.8. The Bertz CT molecular complexity index is 606. The van der Waals surface area contributed by atoms with Gasteiger partial charge in [-0.3, -0.25) is 0 Å². The molecular formula is C21H33NO7. The summed E-state index contributed by atoms with van der Waals surface area (Å²) in [5, 5.41) is 14.8. The number of ether oxygens (including phenoxy) is 3. The summed E-state index contributed by atoms with van der Waals surface area (Å²) in [6.45, 7) is 9.06. The maximum atomic E-state index is 9.10. The van der Waals surface area contributed by atoms with Gasteiger partial charge in [-0.05, 0) is 49.8 Å². The minimum Gasteiger partial charge on any atom is -0.493 e. The van der Waals surface area contributed by atoms with Crippen molar-refractivity contribution in [1.29, 1.82) is 0 Å². The lowest BCUT2D eigenvalue weighted by Crippen LogP contribution is -2.39. The highest BCUT2D eigenvalue weighted by molar-refractivity contribution is 6.27. The molecular weight excluding hydrogens is 378 g/mol. The minimum atomic E-state index is -1.82. The number of para-hydroxylation sites is 1. The van der Waals surface area contributed by atoms with Crippen LogP contribution in [0.4, 0.5) is 0 Å². The van der Waals surface area contributed by atoms with Crippen molar-refractivity contribution in [1.82, 2.24) is 4.90 Å². The molecule has 0 aliphatic carbocycles. The zero-order valence-corrected chi connectivity index (χ0v) is 17.7. The smallest absolute Gasteiger partial charge is 0.414 e. The van der Waals surface area contributed by atoms with Crippen molar-refractivity contribution in [3.8, 4) is 17.2 Å². The first-order valence-electron chi connectivity index (χ1n) is 9.80. The summed E-state index contributed by atoms with van der Waals surface area (Å²) in [5.41, 5.74) is 0. The highest BCUT2D eigenvalue weighted by Gasteiger charge is 2.21. The van der Waals surface area contributed by atoms with E-state index in [0.29, 0.717) is 12.4 Å². The second-order valence-corrected chi connectivity index (χ2v) is 7.36. The zero-order chi connectivity index (χ0) is 21.8. The lowest BCUT2D eigenvalue weighted by Gasteiger charge is -2.34. The van der Waals surface area contributed by atoms with Crippen LogP contribution in [-0.4, -0.2) is 67.5 Å². The largest absolute Gasteiger partial charge is 0.493 e. The van der Waals surface area contributed by atoms with E-state index >= 15 is 0 Å². The molecule has 29 heavy (non-hydrogen) atoms. The lowest BCUT2D eigenvalue weighted by atomic mass is 9.92. The maximum absolute atomic E-state index is 9.10. The molecule has 2 unspecified atom stereocenters. The summed E-state index contributed by atoms with van der Waals surface area (Å²) in [7, 11) is 3.31. The molecule has 1 aliphatic heterocycles. The molecule has 2 N–H and O–H groups in total. The first-order chi connectivity index (χ1) is 13.8. The molecule has 1 heterocycles. The molecule has 0 bridgehead atoms. The molecule has 0 aromatic heterocycles. The van der Waals surface area contributed by atoms with Crippen LogP contribution < -0.4 is 14.2 Å². The van der Waals surface area contributed by atoms with E-state index in [1.54, 1.807) is 14.2 Å². The molecule has 2 atom stereocenters. The maximum Gasteiger partial charge on any atom is 0.414 e. The van der Waals surface area contributed by atoms with Gasteiger partial charge in [0, 0.05) is 13.1 Å². The Hall–Kier alpha value is -2.48. The molecule has 164 valence electrons. The van der Waals surface area contributed by atoms with Gasteiger partial charge in [-0.2, -0.15) is 0 Å². The number of rotatable bonds is 8. The molecule has 0 saturated carbocycles. The third-order valence-corrected chi connectivity index (χ3v) is 4.63. The Kier molecular flexibility index (Phi) is 10.9. The van der Waals surface area contributed by atoms with Gasteiger partial charge in [-0.25, -0.2) is 9.59 Å². The van der Waals surface area contributed by atoms with Crippen molar-refractivity contribution in [2.75, 3.05) is 40.5 Å². The lowest BCUT2D eigenvalue weighted by molar-refractivity contribution is -0.159. The van der Waals surface area contributed by atoms with E-state index in [-0.39, 0.29) is 0 Å². The molecule has 8 heteroatoms. The highest BCUT2D eigenvalue weighted by atomic mass is 16.5. The number of carboxylic acid groups (broad SMARTS) is 2. The molecule has 1 fully saturated rings. The number of methoxy groups -OCH3 is 2. The van der Waals surface area contributed by atoms with Gasteiger partial charge in [0.2, 0.25) is 5.75 Å². The van der Waals surface area contributed by atoms with Crippen LogP contribution in [0.5, 0.6) is 17.2 Å². The molecule has 1 aromatic rings. The quantitative estimate of drug-likeness (QED) is 0.497. The van der Waals surface area contributed by atoms with E-state index in [4.69, 9.17) is 34.0 Å². The third kappa shape index (κ3) is 9.04.